The quantitative estimate of drug-likeness (QED) is 0.338. The molecule has 0 unspecified atom stereocenters. The summed E-state index contributed by atoms with van der Waals surface area (Å²) >= 11 is 0. The maximum absolute atomic E-state index is 13.5. The average molecular weight is 239 g/mol. The highest BCUT2D eigenvalue weighted by atomic mass is 19.2. The Morgan fingerprint density at radius 1 is 0.938 bits per heavy atom. The highest BCUT2D eigenvalue weighted by molar-refractivity contribution is 5.52. The van der Waals surface area contributed by atoms with E-state index in [1.165, 1.54) is 6.92 Å². The Morgan fingerprint density at radius 3 is 1.94 bits per heavy atom. The fourth-order valence-electron chi connectivity index (χ4n) is 1.32. The molecule has 0 saturated carbocycles. The number of anilines is 1. The number of nitrogens with zero attached hydrogens (tertiary/aromatic N) is 1. The number of hydrogen-bond acceptors (Lipinski definition) is 1. The van der Waals surface area contributed by atoms with E-state index in [-0.39, 0.29) is 6.54 Å². The molecular formula is C10H10F5N. The van der Waals surface area contributed by atoms with Crippen LogP contribution in [0.5, 0.6) is 0 Å². The summed E-state index contributed by atoms with van der Waals surface area (Å²) in [6.07, 6.45) is 0. The molecule has 0 atom stereocenters. The normalized spacial score (nSPS) is 10.7. The smallest absolute Gasteiger partial charge is 0.197 e. The first-order valence-corrected chi connectivity index (χ1v) is 4.59. The Bertz CT molecular complexity index is 372. The van der Waals surface area contributed by atoms with Crippen molar-refractivity contribution in [1.29, 1.82) is 0 Å². The van der Waals surface area contributed by atoms with Crippen molar-refractivity contribution < 1.29 is 22.0 Å². The summed E-state index contributed by atoms with van der Waals surface area (Å²) in [6.45, 7) is 1.15. The molecule has 1 aromatic rings. The maximum atomic E-state index is 13.5. The van der Waals surface area contributed by atoms with Gasteiger partial charge in [-0.15, -0.1) is 0 Å². The van der Waals surface area contributed by atoms with Gasteiger partial charge in [0.25, 0.3) is 0 Å². The Morgan fingerprint density at radius 2 is 1.50 bits per heavy atom. The van der Waals surface area contributed by atoms with Gasteiger partial charge in [-0.05, 0) is 13.8 Å². The predicted molar refractivity (Wildman–Crippen MR) is 50.0 cm³/mol. The van der Waals surface area contributed by atoms with Crippen molar-refractivity contribution in [3.05, 3.63) is 28.8 Å². The minimum atomic E-state index is -1.79. The molecule has 0 fully saturated rings. The second kappa shape index (κ2) is 4.67. The zero-order valence-corrected chi connectivity index (χ0v) is 8.75. The number of rotatable bonds is 3. The Balaban J connectivity index is 3.50. The van der Waals surface area contributed by atoms with Crippen LogP contribution in [0.2, 0.25) is 0 Å². The Kier molecular flexibility index (Phi) is 3.72. The zero-order valence-electron chi connectivity index (χ0n) is 8.75. The third-order valence-electron chi connectivity index (χ3n) is 2.30. The number of alkyl halides is 1. The van der Waals surface area contributed by atoms with Crippen LogP contribution in [0.25, 0.3) is 0 Å². The van der Waals surface area contributed by atoms with E-state index >= 15 is 0 Å². The van der Waals surface area contributed by atoms with Crippen LogP contribution in [0.1, 0.15) is 12.5 Å². The third kappa shape index (κ3) is 1.83. The Labute approximate surface area is 89.5 Å². The van der Waals surface area contributed by atoms with Gasteiger partial charge in [-0.3, -0.25) is 0 Å². The molecule has 16 heavy (non-hydrogen) atoms. The van der Waals surface area contributed by atoms with Crippen molar-refractivity contribution in [2.75, 3.05) is 18.2 Å². The summed E-state index contributed by atoms with van der Waals surface area (Å²) in [4.78, 5) is 0.639. The molecule has 0 aliphatic carbocycles. The van der Waals surface area contributed by atoms with E-state index in [0.29, 0.717) is 4.90 Å². The summed E-state index contributed by atoms with van der Waals surface area (Å²) in [5, 5.41) is 0. The summed E-state index contributed by atoms with van der Waals surface area (Å²) in [5.41, 5.74) is -1.54. The monoisotopic (exact) mass is 239 g/mol. The van der Waals surface area contributed by atoms with Crippen molar-refractivity contribution in [1.82, 2.24) is 0 Å². The Hall–Kier alpha value is -1.33. The number of halogens is 5. The molecule has 90 valence electrons. The van der Waals surface area contributed by atoms with E-state index in [9.17, 15) is 22.0 Å². The van der Waals surface area contributed by atoms with Gasteiger partial charge in [0.1, 0.15) is 5.69 Å². The summed E-state index contributed by atoms with van der Waals surface area (Å²) < 4.78 is 65.1. The number of hydrogen-bond donors (Lipinski definition) is 0. The van der Waals surface area contributed by atoms with Crippen molar-refractivity contribution in [2.24, 2.45) is 0 Å². The lowest BCUT2D eigenvalue weighted by molar-refractivity contribution is 0.416. The highest BCUT2D eigenvalue weighted by Gasteiger charge is 2.25. The average Bonchev–Trinajstić information content (AvgIpc) is 2.29. The largest absolute Gasteiger partial charge is 0.340 e. The van der Waals surface area contributed by atoms with Crippen LogP contribution in [0.3, 0.4) is 0 Å². The van der Waals surface area contributed by atoms with E-state index in [1.54, 1.807) is 0 Å². The molecule has 0 aliphatic rings. The van der Waals surface area contributed by atoms with Gasteiger partial charge in [0.2, 0.25) is 0 Å². The molecular weight excluding hydrogens is 229 g/mol. The minimum absolute atomic E-state index is 0.0607. The summed E-state index contributed by atoms with van der Waals surface area (Å²) in [5.74, 6) is -6.37. The highest BCUT2D eigenvalue weighted by Crippen LogP contribution is 2.30. The zero-order chi connectivity index (χ0) is 12.5. The van der Waals surface area contributed by atoms with Crippen molar-refractivity contribution in [2.45, 2.75) is 13.8 Å². The van der Waals surface area contributed by atoms with Crippen LogP contribution >= 0.6 is 0 Å². The van der Waals surface area contributed by atoms with E-state index in [1.807, 2.05) is 0 Å². The van der Waals surface area contributed by atoms with Gasteiger partial charge in [-0.1, -0.05) is 0 Å². The lowest BCUT2D eigenvalue weighted by Crippen LogP contribution is -2.25. The molecule has 0 spiro atoms. The molecule has 0 saturated heterocycles. The second-order valence-electron chi connectivity index (χ2n) is 3.21. The van der Waals surface area contributed by atoms with Crippen LogP contribution in [0.4, 0.5) is 27.6 Å². The molecule has 1 nitrogen and oxygen atoms in total. The van der Waals surface area contributed by atoms with E-state index < -0.39 is 41.3 Å². The maximum Gasteiger partial charge on any atom is 0.197 e. The molecule has 0 aliphatic heterocycles. The molecule has 0 amide bonds. The van der Waals surface area contributed by atoms with Crippen LogP contribution in [-0.4, -0.2) is 13.3 Å². The lowest BCUT2D eigenvalue weighted by atomic mass is 10.1. The SMILES string of the molecule is CCN(CF)c1c(F)c(C)c(F)c(F)c1F. The van der Waals surface area contributed by atoms with Crippen molar-refractivity contribution in [3.63, 3.8) is 0 Å². The van der Waals surface area contributed by atoms with Crippen LogP contribution in [0.15, 0.2) is 0 Å². The fraction of sp³-hybridized carbons (Fsp3) is 0.400. The van der Waals surface area contributed by atoms with E-state index in [0.717, 1.165) is 6.92 Å². The topological polar surface area (TPSA) is 3.24 Å². The van der Waals surface area contributed by atoms with Gasteiger partial charge in [0.05, 0.1) is 0 Å². The van der Waals surface area contributed by atoms with Gasteiger partial charge >= 0.3 is 0 Å². The van der Waals surface area contributed by atoms with E-state index in [4.69, 9.17) is 0 Å². The van der Waals surface area contributed by atoms with Crippen LogP contribution < -0.4 is 4.90 Å². The molecule has 0 N–H and O–H groups in total. The molecule has 1 rings (SSSR count). The lowest BCUT2D eigenvalue weighted by Gasteiger charge is -2.21. The first-order valence-electron chi connectivity index (χ1n) is 4.59. The molecule has 0 radical (unpaired) electrons. The third-order valence-corrected chi connectivity index (χ3v) is 2.30. The second-order valence-corrected chi connectivity index (χ2v) is 3.21. The first-order chi connectivity index (χ1) is 7.45. The summed E-state index contributed by atoms with van der Waals surface area (Å²) in [7, 11) is 0. The van der Waals surface area contributed by atoms with Gasteiger partial charge in [0.15, 0.2) is 30.1 Å². The minimum Gasteiger partial charge on any atom is -0.340 e. The molecule has 6 heteroatoms. The van der Waals surface area contributed by atoms with Crippen molar-refractivity contribution in [3.8, 4) is 0 Å². The van der Waals surface area contributed by atoms with Crippen LogP contribution in [-0.2, 0) is 0 Å². The molecule has 0 bridgehead atoms. The molecule has 1 aromatic carbocycles. The standard InChI is InChI=1S/C10H10F5N/c1-3-16(4-11)10-7(13)5(2)6(12)8(14)9(10)15/h3-4H2,1-2H3. The first kappa shape index (κ1) is 12.7. The van der Waals surface area contributed by atoms with Gasteiger partial charge in [-0.2, -0.15) is 0 Å². The van der Waals surface area contributed by atoms with Gasteiger partial charge in [0, 0.05) is 12.1 Å². The number of benzene rings is 1. The van der Waals surface area contributed by atoms with E-state index in [2.05, 4.69) is 0 Å². The summed E-state index contributed by atoms with van der Waals surface area (Å²) in [6, 6.07) is 0. The predicted octanol–water partition coefficient (Wildman–Crippen LogP) is 3.30. The van der Waals surface area contributed by atoms with Crippen LogP contribution in [0, 0.1) is 30.2 Å². The molecule has 0 heterocycles. The fourth-order valence-corrected chi connectivity index (χ4v) is 1.32. The van der Waals surface area contributed by atoms with Gasteiger partial charge in [-0.25, -0.2) is 22.0 Å². The van der Waals surface area contributed by atoms with Gasteiger partial charge < -0.3 is 4.90 Å². The van der Waals surface area contributed by atoms with Crippen molar-refractivity contribution >= 4 is 5.69 Å². The molecule has 0 aromatic heterocycles.